The second-order valence-corrected chi connectivity index (χ2v) is 12.8. The van der Waals surface area contributed by atoms with Crippen LogP contribution in [0.1, 0.15) is 89.9 Å². The molecule has 0 aromatic heterocycles. The van der Waals surface area contributed by atoms with Crippen molar-refractivity contribution >= 4 is 59.7 Å². The molecular weight excluding hydrogens is 880 g/mol. The molecular formula is C40H64O25. The number of aliphatic carboxylic acids is 2. The van der Waals surface area contributed by atoms with Gasteiger partial charge in [-0.1, -0.05) is 0 Å². The molecule has 0 bridgehead atoms. The number of rotatable bonds is 38. The zero-order chi connectivity index (χ0) is 48.8. The van der Waals surface area contributed by atoms with E-state index in [1.54, 1.807) is 0 Å². The Labute approximate surface area is 375 Å². The first-order valence-electron chi connectivity index (χ1n) is 20.8. The summed E-state index contributed by atoms with van der Waals surface area (Å²) in [6.45, 7) is 1.57. The van der Waals surface area contributed by atoms with Crippen molar-refractivity contribution in [3.8, 4) is 0 Å². The zero-order valence-corrected chi connectivity index (χ0v) is 36.6. The van der Waals surface area contributed by atoms with Crippen LogP contribution in [-0.4, -0.2) is 186 Å². The molecule has 0 amide bonds. The van der Waals surface area contributed by atoms with E-state index in [9.17, 15) is 47.9 Å². The molecule has 1 fully saturated rings. The van der Waals surface area contributed by atoms with E-state index in [4.69, 9.17) is 67.8 Å². The van der Waals surface area contributed by atoms with E-state index in [0.717, 1.165) is 0 Å². The maximum absolute atomic E-state index is 11.6. The van der Waals surface area contributed by atoms with Gasteiger partial charge in [0, 0.05) is 25.7 Å². The molecule has 0 saturated carbocycles. The van der Waals surface area contributed by atoms with Crippen LogP contribution in [0.4, 0.5) is 0 Å². The first-order valence-corrected chi connectivity index (χ1v) is 20.8. The number of ether oxygens (including phenoxy) is 11. The standard InChI is InChI=1S/C22H34O14.C14H26O8.C4H4O3/c23-17(24)5-7-21(29)35-15-11-31-9-13-33-19(27)3-1-2-4-20(28)34-14-10-32-12-16-36-22(30)8-6-18(25)26;15-5-7-19-9-11-21-13(17)3-1-2-4-14(18)22-12-10-20-8-6-16;5-3-1-2-4(6)7-3/h1-16H2,(H,23,24)(H,25,26);15-16H,1-12H2;1-2H2. The maximum Gasteiger partial charge on any atom is 0.314 e. The Morgan fingerprint density at radius 1 is 0.354 bits per heavy atom. The number of esters is 8. The van der Waals surface area contributed by atoms with Crippen LogP contribution in [0, 0.1) is 0 Å². The van der Waals surface area contributed by atoms with E-state index in [0.29, 0.717) is 25.7 Å². The van der Waals surface area contributed by atoms with Crippen LogP contribution in [0.3, 0.4) is 0 Å². The second-order valence-electron chi connectivity index (χ2n) is 12.8. The summed E-state index contributed by atoms with van der Waals surface area (Å²) in [6, 6.07) is 0. The predicted molar refractivity (Wildman–Crippen MR) is 214 cm³/mol. The number of aliphatic hydroxyl groups is 2. The average Bonchev–Trinajstić information content (AvgIpc) is 3.66. The molecule has 0 aromatic rings. The van der Waals surface area contributed by atoms with Crippen LogP contribution in [0.2, 0.25) is 0 Å². The van der Waals surface area contributed by atoms with E-state index >= 15 is 0 Å². The predicted octanol–water partition coefficient (Wildman–Crippen LogP) is -0.0166. The van der Waals surface area contributed by atoms with Gasteiger partial charge in [0.25, 0.3) is 0 Å². The molecule has 0 aliphatic carbocycles. The molecule has 374 valence electrons. The summed E-state index contributed by atoms with van der Waals surface area (Å²) in [4.78, 5) is 109. The van der Waals surface area contributed by atoms with Crippen molar-refractivity contribution in [2.24, 2.45) is 0 Å². The lowest BCUT2D eigenvalue weighted by atomic mass is 10.2. The summed E-state index contributed by atoms with van der Waals surface area (Å²) in [5.74, 6) is -5.77. The number of hydrogen-bond acceptors (Lipinski definition) is 23. The van der Waals surface area contributed by atoms with Crippen molar-refractivity contribution in [3.63, 3.8) is 0 Å². The largest absolute Gasteiger partial charge is 0.481 e. The van der Waals surface area contributed by atoms with Crippen molar-refractivity contribution in [1.82, 2.24) is 0 Å². The smallest absolute Gasteiger partial charge is 0.314 e. The summed E-state index contributed by atoms with van der Waals surface area (Å²) in [6.07, 6.45) is 2.22. The lowest BCUT2D eigenvalue weighted by Gasteiger charge is -2.08. The molecule has 0 spiro atoms. The van der Waals surface area contributed by atoms with Gasteiger partial charge in [0.05, 0.1) is 105 Å². The second kappa shape index (κ2) is 45.2. The maximum atomic E-state index is 11.6. The van der Waals surface area contributed by atoms with Gasteiger partial charge in [-0.3, -0.25) is 47.9 Å². The summed E-state index contributed by atoms with van der Waals surface area (Å²) in [7, 11) is 0. The van der Waals surface area contributed by atoms with Gasteiger partial charge >= 0.3 is 59.7 Å². The first kappa shape index (κ1) is 61.7. The van der Waals surface area contributed by atoms with Gasteiger partial charge < -0.3 is 72.5 Å². The van der Waals surface area contributed by atoms with Crippen LogP contribution < -0.4 is 0 Å². The zero-order valence-electron chi connectivity index (χ0n) is 36.6. The van der Waals surface area contributed by atoms with Gasteiger partial charge in [0.1, 0.15) is 39.6 Å². The number of cyclic esters (lactones) is 2. The van der Waals surface area contributed by atoms with Crippen molar-refractivity contribution in [2.45, 2.75) is 89.9 Å². The number of carboxylic acid groups (broad SMARTS) is 2. The van der Waals surface area contributed by atoms with Gasteiger partial charge in [-0.25, -0.2) is 0 Å². The highest BCUT2D eigenvalue weighted by atomic mass is 16.6. The van der Waals surface area contributed by atoms with Gasteiger partial charge in [-0.05, 0) is 25.7 Å². The molecule has 4 N–H and O–H groups in total. The molecule has 0 atom stereocenters. The van der Waals surface area contributed by atoms with Gasteiger partial charge in [0.2, 0.25) is 0 Å². The Balaban J connectivity index is 0. The van der Waals surface area contributed by atoms with Crippen molar-refractivity contribution in [3.05, 3.63) is 0 Å². The third-order valence-electron chi connectivity index (χ3n) is 7.29. The number of carbonyl (C=O) groups excluding carboxylic acids is 8. The molecule has 0 radical (unpaired) electrons. The number of hydrogen-bond donors (Lipinski definition) is 4. The van der Waals surface area contributed by atoms with Crippen molar-refractivity contribution < 1.29 is 120 Å². The molecule has 1 aliphatic heterocycles. The fraction of sp³-hybridized carbons (Fsp3) is 0.750. The average molecular weight is 945 g/mol. The third kappa shape index (κ3) is 49.5. The molecule has 65 heavy (non-hydrogen) atoms. The minimum absolute atomic E-state index is 0.0232. The van der Waals surface area contributed by atoms with Gasteiger partial charge in [-0.15, -0.1) is 0 Å². The Kier molecular flexibility index (Phi) is 43.0. The quantitative estimate of drug-likeness (QED) is 0.0273. The Morgan fingerprint density at radius 2 is 0.585 bits per heavy atom. The summed E-state index contributed by atoms with van der Waals surface area (Å²) < 4.78 is 53.5. The monoisotopic (exact) mass is 944 g/mol. The number of aliphatic hydroxyl groups excluding tert-OH is 2. The summed E-state index contributed by atoms with van der Waals surface area (Å²) in [5, 5.41) is 33.8. The highest BCUT2D eigenvalue weighted by Crippen LogP contribution is 2.05. The fourth-order valence-electron chi connectivity index (χ4n) is 4.19. The van der Waals surface area contributed by atoms with Crippen LogP contribution in [-0.2, 0) is 100 Å². The first-order chi connectivity index (χ1) is 31.2. The van der Waals surface area contributed by atoms with Crippen molar-refractivity contribution in [1.29, 1.82) is 0 Å². The normalized spacial score (nSPS) is 11.4. The minimum atomic E-state index is -1.08. The highest BCUT2D eigenvalue weighted by molar-refractivity contribution is 5.92. The van der Waals surface area contributed by atoms with E-state index < -0.39 is 47.8 Å². The summed E-state index contributed by atoms with van der Waals surface area (Å²) in [5.41, 5.74) is 0. The number of carbonyl (C=O) groups is 10. The number of carboxylic acids is 2. The van der Waals surface area contributed by atoms with Crippen LogP contribution in [0.5, 0.6) is 0 Å². The van der Waals surface area contributed by atoms with Gasteiger partial charge in [0.15, 0.2) is 0 Å². The minimum Gasteiger partial charge on any atom is -0.481 e. The van der Waals surface area contributed by atoms with Gasteiger partial charge in [-0.2, -0.15) is 0 Å². The Bertz CT molecular complexity index is 1270. The van der Waals surface area contributed by atoms with E-state index in [2.05, 4.69) is 4.74 Å². The van der Waals surface area contributed by atoms with Crippen molar-refractivity contribution in [2.75, 3.05) is 106 Å². The molecule has 1 saturated heterocycles. The highest BCUT2D eigenvalue weighted by Gasteiger charge is 2.19. The molecule has 0 aromatic carbocycles. The molecule has 1 rings (SSSR count). The SMILES string of the molecule is O=C(CCCCC(=O)OCCOCCO)OCCOCCO.O=C(O)CCC(=O)OCCOCCOC(=O)CCCCC(=O)OCCOCCOC(=O)CCC(=O)O.O=C1CCC(=O)O1. The summed E-state index contributed by atoms with van der Waals surface area (Å²) >= 11 is 0. The Morgan fingerprint density at radius 3 is 0.785 bits per heavy atom. The van der Waals surface area contributed by atoms with Crippen LogP contribution in [0.15, 0.2) is 0 Å². The van der Waals surface area contributed by atoms with Crippen LogP contribution in [0.25, 0.3) is 0 Å². The molecule has 1 aliphatic rings. The van der Waals surface area contributed by atoms with E-state index in [1.165, 1.54) is 0 Å². The topological polar surface area (TPSA) is 353 Å². The Hall–Kier alpha value is -5.34. The van der Waals surface area contributed by atoms with E-state index in [-0.39, 0.29) is 182 Å². The fourth-order valence-corrected chi connectivity index (χ4v) is 4.19. The molecule has 0 unspecified atom stereocenters. The molecule has 25 heteroatoms. The lowest BCUT2D eigenvalue weighted by Crippen LogP contribution is -2.15. The number of unbranched alkanes of at least 4 members (excludes halogenated alkanes) is 2. The van der Waals surface area contributed by atoms with E-state index in [1.807, 2.05) is 0 Å². The molecule has 1 heterocycles. The lowest BCUT2D eigenvalue weighted by molar-refractivity contribution is -0.152. The third-order valence-corrected chi connectivity index (χ3v) is 7.29. The van der Waals surface area contributed by atoms with Crippen LogP contribution >= 0.6 is 0 Å². The molecule has 25 nitrogen and oxygen atoms in total.